The third kappa shape index (κ3) is 4.66. The summed E-state index contributed by atoms with van der Waals surface area (Å²) in [5, 5.41) is 0. The summed E-state index contributed by atoms with van der Waals surface area (Å²) < 4.78 is 25.4. The van der Waals surface area contributed by atoms with Crippen LogP contribution in [0.3, 0.4) is 0 Å². The summed E-state index contributed by atoms with van der Waals surface area (Å²) in [6, 6.07) is 11.4. The van der Waals surface area contributed by atoms with Crippen LogP contribution >= 0.6 is 0 Å². The molecule has 0 N–H and O–H groups in total. The van der Waals surface area contributed by atoms with Crippen molar-refractivity contribution in [3.63, 3.8) is 0 Å². The van der Waals surface area contributed by atoms with Gasteiger partial charge >= 0.3 is 0 Å². The van der Waals surface area contributed by atoms with Crippen LogP contribution in [-0.4, -0.2) is 87.0 Å². The first-order valence-electron chi connectivity index (χ1n) is 11.2. The molecule has 7 nitrogen and oxygen atoms in total. The van der Waals surface area contributed by atoms with Crippen molar-refractivity contribution in [1.29, 1.82) is 0 Å². The van der Waals surface area contributed by atoms with E-state index in [-0.39, 0.29) is 23.9 Å². The highest BCUT2D eigenvalue weighted by Crippen LogP contribution is 2.40. The third-order valence-corrected chi connectivity index (χ3v) is 6.68. The van der Waals surface area contributed by atoms with Crippen molar-refractivity contribution in [3.8, 4) is 11.5 Å². The smallest absolute Gasteiger partial charge is 0.256 e. The summed E-state index contributed by atoms with van der Waals surface area (Å²) in [4.78, 5) is 32.5. The van der Waals surface area contributed by atoms with Gasteiger partial charge < -0.3 is 24.2 Å². The lowest BCUT2D eigenvalue weighted by atomic mass is 9.87. The average Bonchev–Trinajstić information content (AvgIpc) is 3.29. The molecule has 2 aliphatic heterocycles. The minimum absolute atomic E-state index is 0.0153. The van der Waals surface area contributed by atoms with Crippen LogP contribution in [0.15, 0.2) is 42.5 Å². The second-order valence-corrected chi connectivity index (χ2v) is 8.64. The van der Waals surface area contributed by atoms with E-state index in [1.807, 2.05) is 24.1 Å². The number of benzene rings is 2. The molecule has 0 aliphatic carbocycles. The Hall–Kier alpha value is -3.13. The molecule has 0 bridgehead atoms. The van der Waals surface area contributed by atoms with Gasteiger partial charge in [-0.15, -0.1) is 0 Å². The largest absolute Gasteiger partial charge is 0.497 e. The molecule has 0 aromatic heterocycles. The van der Waals surface area contributed by atoms with E-state index in [0.29, 0.717) is 31.1 Å². The maximum Gasteiger partial charge on any atom is 0.256 e. The summed E-state index contributed by atoms with van der Waals surface area (Å²) >= 11 is 0. The van der Waals surface area contributed by atoms with E-state index >= 15 is 0 Å². The number of likely N-dealkylation sites (tertiary alicyclic amines) is 1. The Morgan fingerprint density at radius 3 is 2.33 bits per heavy atom. The second-order valence-electron chi connectivity index (χ2n) is 8.64. The van der Waals surface area contributed by atoms with E-state index in [1.165, 1.54) is 12.1 Å². The van der Waals surface area contributed by atoms with Crippen molar-refractivity contribution in [2.24, 2.45) is 5.92 Å². The maximum atomic E-state index is 14.4. The van der Waals surface area contributed by atoms with Gasteiger partial charge in [0.05, 0.1) is 25.7 Å². The van der Waals surface area contributed by atoms with Gasteiger partial charge in [0.1, 0.15) is 17.3 Å². The Labute approximate surface area is 193 Å². The second kappa shape index (κ2) is 9.79. The summed E-state index contributed by atoms with van der Waals surface area (Å²) in [6.07, 6.45) is 0. The quantitative estimate of drug-likeness (QED) is 0.693. The molecule has 2 heterocycles. The lowest BCUT2D eigenvalue weighted by Crippen LogP contribution is -2.50. The van der Waals surface area contributed by atoms with Crippen molar-refractivity contribution >= 4 is 11.8 Å². The van der Waals surface area contributed by atoms with Crippen LogP contribution in [0.2, 0.25) is 0 Å². The maximum absolute atomic E-state index is 14.4. The number of piperazine rings is 1. The third-order valence-electron chi connectivity index (χ3n) is 6.68. The zero-order valence-electron chi connectivity index (χ0n) is 19.3. The first-order chi connectivity index (χ1) is 15.9. The van der Waals surface area contributed by atoms with E-state index in [0.717, 1.165) is 18.7 Å². The van der Waals surface area contributed by atoms with E-state index < -0.39 is 17.6 Å². The number of hydrogen-bond donors (Lipinski definition) is 0. The molecule has 2 atom stereocenters. The monoisotopic (exact) mass is 455 g/mol. The average molecular weight is 456 g/mol. The first kappa shape index (κ1) is 23.0. The number of carbonyl (C=O) groups is 2. The highest BCUT2D eigenvalue weighted by Gasteiger charge is 2.44. The molecular formula is C25H30FN3O4. The molecule has 2 amide bonds. The van der Waals surface area contributed by atoms with Gasteiger partial charge in [0.25, 0.3) is 5.91 Å². The van der Waals surface area contributed by atoms with Gasteiger partial charge in [-0.3, -0.25) is 9.59 Å². The molecule has 0 saturated carbocycles. The van der Waals surface area contributed by atoms with Gasteiger partial charge in [-0.1, -0.05) is 12.1 Å². The van der Waals surface area contributed by atoms with E-state index in [9.17, 15) is 14.0 Å². The van der Waals surface area contributed by atoms with Crippen molar-refractivity contribution in [2.45, 2.75) is 5.92 Å². The summed E-state index contributed by atoms with van der Waals surface area (Å²) in [5.41, 5.74) is 0.828. The van der Waals surface area contributed by atoms with Crippen LogP contribution in [0.4, 0.5) is 4.39 Å². The predicted molar refractivity (Wildman–Crippen MR) is 122 cm³/mol. The number of rotatable bonds is 5. The fourth-order valence-electron chi connectivity index (χ4n) is 4.73. The zero-order chi connectivity index (χ0) is 23.5. The number of likely N-dealkylation sites (N-methyl/N-ethyl adjacent to an activating group) is 1. The van der Waals surface area contributed by atoms with E-state index in [1.54, 1.807) is 37.3 Å². The van der Waals surface area contributed by atoms with Gasteiger partial charge in [0.2, 0.25) is 5.91 Å². The van der Waals surface area contributed by atoms with Crippen LogP contribution in [0, 0.1) is 11.7 Å². The molecule has 2 aromatic carbocycles. The van der Waals surface area contributed by atoms with Crippen LogP contribution in [-0.2, 0) is 4.79 Å². The number of carbonyl (C=O) groups excluding carboxylic acids is 2. The van der Waals surface area contributed by atoms with Crippen LogP contribution in [0.5, 0.6) is 11.5 Å². The lowest BCUT2D eigenvalue weighted by molar-refractivity contribution is -0.137. The van der Waals surface area contributed by atoms with Crippen molar-refractivity contribution in [1.82, 2.24) is 14.7 Å². The van der Waals surface area contributed by atoms with E-state index in [2.05, 4.69) is 4.90 Å². The first-order valence-corrected chi connectivity index (χ1v) is 11.2. The van der Waals surface area contributed by atoms with Gasteiger partial charge in [0, 0.05) is 50.7 Å². The zero-order valence-corrected chi connectivity index (χ0v) is 19.3. The lowest BCUT2D eigenvalue weighted by Gasteiger charge is -2.35. The molecule has 2 aromatic rings. The van der Waals surface area contributed by atoms with Gasteiger partial charge in [-0.2, -0.15) is 0 Å². The molecule has 8 heteroatoms. The number of nitrogens with zero attached hydrogens (tertiary/aromatic N) is 3. The molecule has 2 aliphatic rings. The molecule has 0 unspecified atom stereocenters. The molecule has 2 fully saturated rings. The minimum atomic E-state index is -0.563. The Morgan fingerprint density at radius 1 is 0.939 bits per heavy atom. The number of amides is 2. The fraction of sp³-hybridized carbons (Fsp3) is 0.440. The van der Waals surface area contributed by atoms with Crippen molar-refractivity contribution in [3.05, 3.63) is 59.4 Å². The Bertz CT molecular complexity index is 1020. The summed E-state index contributed by atoms with van der Waals surface area (Å²) in [6.45, 7) is 3.43. The molecule has 33 heavy (non-hydrogen) atoms. The van der Waals surface area contributed by atoms with Crippen molar-refractivity contribution < 1.29 is 23.5 Å². The van der Waals surface area contributed by atoms with Gasteiger partial charge in [0.15, 0.2) is 0 Å². The molecule has 4 rings (SSSR count). The molecular weight excluding hydrogens is 425 g/mol. The number of ether oxygens (including phenoxy) is 2. The Kier molecular flexibility index (Phi) is 6.83. The molecule has 0 spiro atoms. The fourth-order valence-corrected chi connectivity index (χ4v) is 4.73. The topological polar surface area (TPSA) is 62.3 Å². The van der Waals surface area contributed by atoms with Gasteiger partial charge in [-0.25, -0.2) is 4.39 Å². The highest BCUT2D eigenvalue weighted by atomic mass is 19.1. The Morgan fingerprint density at radius 2 is 1.67 bits per heavy atom. The normalized spacial score (nSPS) is 21.2. The number of halogens is 1. The predicted octanol–water partition coefficient (Wildman–Crippen LogP) is 2.47. The number of hydrogen-bond acceptors (Lipinski definition) is 5. The molecule has 0 radical (unpaired) electrons. The molecule has 176 valence electrons. The van der Waals surface area contributed by atoms with Crippen LogP contribution in [0.1, 0.15) is 21.8 Å². The minimum Gasteiger partial charge on any atom is -0.497 e. The van der Waals surface area contributed by atoms with Crippen LogP contribution in [0.25, 0.3) is 0 Å². The molecule has 2 saturated heterocycles. The SMILES string of the molecule is COc1ccc(OC)c([C@H]2CN(C(=O)c3ccccc3F)C[C@H]2C(=O)N2CCN(C)CC2)c1. The standard InChI is InChI=1S/C25H30FN3O4/c1-27-10-12-28(13-11-27)25(31)21-16-29(24(30)18-6-4-5-7-22(18)26)15-20(21)19-14-17(32-2)8-9-23(19)33-3/h4-9,14,20-21H,10-13,15-16H2,1-3H3/t20-,21-/m1/s1. The summed E-state index contributed by atoms with van der Waals surface area (Å²) in [5.74, 6) is -0.419. The van der Waals surface area contributed by atoms with Gasteiger partial charge in [-0.05, 0) is 37.4 Å². The Balaban J connectivity index is 1.68. The highest BCUT2D eigenvalue weighted by molar-refractivity contribution is 5.95. The number of methoxy groups -OCH3 is 2. The summed E-state index contributed by atoms with van der Waals surface area (Å²) in [7, 11) is 5.21. The van der Waals surface area contributed by atoms with Crippen molar-refractivity contribution in [2.75, 3.05) is 60.5 Å². The van der Waals surface area contributed by atoms with Crippen LogP contribution < -0.4 is 9.47 Å². The van der Waals surface area contributed by atoms with E-state index in [4.69, 9.17) is 9.47 Å².